The molecule has 0 aliphatic carbocycles. The average Bonchev–Trinajstić information content (AvgIpc) is 3.47. The van der Waals surface area contributed by atoms with E-state index in [-0.39, 0.29) is 29.9 Å². The molecule has 4 heterocycles. The predicted octanol–water partition coefficient (Wildman–Crippen LogP) is 3.51. The van der Waals surface area contributed by atoms with Crippen LogP contribution in [0.3, 0.4) is 0 Å². The molecular formula is C30H30N4O5. The van der Waals surface area contributed by atoms with Gasteiger partial charge in [0, 0.05) is 47.7 Å². The van der Waals surface area contributed by atoms with E-state index in [0.29, 0.717) is 23.4 Å². The van der Waals surface area contributed by atoms with E-state index < -0.39 is 11.8 Å². The minimum Gasteiger partial charge on any atom is -0.462 e. The molecule has 0 saturated carbocycles. The number of aryl methyl sites for hydroxylation is 1. The van der Waals surface area contributed by atoms with Crippen molar-refractivity contribution in [2.45, 2.75) is 32.8 Å². The fourth-order valence-corrected chi connectivity index (χ4v) is 4.58. The number of anilines is 1. The third-order valence-electron chi connectivity index (χ3n) is 6.71. The summed E-state index contributed by atoms with van der Waals surface area (Å²) in [4.78, 5) is 35.5. The smallest absolute Gasteiger partial charge is 0.347 e. The quantitative estimate of drug-likeness (QED) is 0.193. The van der Waals surface area contributed by atoms with Crippen LogP contribution in [-0.2, 0) is 19.1 Å². The predicted molar refractivity (Wildman–Crippen MR) is 147 cm³/mol. The van der Waals surface area contributed by atoms with Crippen molar-refractivity contribution >= 4 is 34.5 Å². The molecule has 2 aromatic heterocycles. The number of piperidine rings is 1. The zero-order valence-electron chi connectivity index (χ0n) is 21.9. The number of allylic oxidation sites excluding steroid dienone is 1. The number of likely N-dealkylation sites (tertiary alicyclic amines) is 1. The molecule has 9 heteroatoms. The van der Waals surface area contributed by atoms with Gasteiger partial charge in [0.25, 0.3) is 0 Å². The van der Waals surface area contributed by atoms with Gasteiger partial charge in [0.1, 0.15) is 5.65 Å². The first-order chi connectivity index (χ1) is 18.9. The molecule has 1 fully saturated rings. The third kappa shape index (κ3) is 5.87. The van der Waals surface area contributed by atoms with Gasteiger partial charge in [-0.05, 0) is 68.7 Å². The van der Waals surface area contributed by atoms with E-state index in [4.69, 9.17) is 9.47 Å². The van der Waals surface area contributed by atoms with Crippen LogP contribution in [0.1, 0.15) is 36.5 Å². The maximum Gasteiger partial charge on any atom is 0.347 e. The largest absolute Gasteiger partial charge is 0.462 e. The minimum atomic E-state index is -0.751. The molecule has 0 radical (unpaired) electrons. The van der Waals surface area contributed by atoms with Gasteiger partial charge in [0.15, 0.2) is 11.3 Å². The molecule has 1 saturated heterocycles. The number of benzene rings is 1. The number of Topliss-reactive ketones (excluding diaryl/α,β-unsaturated/α-hetero) is 1. The Balaban J connectivity index is 1.35. The third-order valence-corrected chi connectivity index (χ3v) is 6.71. The number of fused-ring (bicyclic) bond motifs is 1. The summed E-state index contributed by atoms with van der Waals surface area (Å²) in [6.45, 7) is 6.07. The summed E-state index contributed by atoms with van der Waals surface area (Å²) in [5.74, 6) is 5.13. The van der Waals surface area contributed by atoms with Crippen LogP contribution in [-0.4, -0.2) is 64.1 Å². The molecule has 9 nitrogen and oxygen atoms in total. The Morgan fingerprint density at radius 2 is 2.15 bits per heavy atom. The topological polar surface area (TPSA) is 117 Å². The van der Waals surface area contributed by atoms with Crippen LogP contribution < -0.4 is 5.32 Å². The number of H-pyrrole nitrogens is 1. The number of aromatic nitrogens is 2. The molecule has 0 atom stereocenters. The van der Waals surface area contributed by atoms with Gasteiger partial charge in [-0.25, -0.2) is 9.78 Å². The number of rotatable bonds is 6. The van der Waals surface area contributed by atoms with Crippen molar-refractivity contribution in [3.8, 4) is 11.8 Å². The van der Waals surface area contributed by atoms with Crippen molar-refractivity contribution in [3.05, 3.63) is 76.6 Å². The number of nitrogens with one attached hydrogen (secondary N) is 2. The van der Waals surface area contributed by atoms with E-state index >= 15 is 0 Å². The highest BCUT2D eigenvalue weighted by Crippen LogP contribution is 2.31. The molecule has 2 aliphatic heterocycles. The van der Waals surface area contributed by atoms with Crippen molar-refractivity contribution in [3.63, 3.8) is 0 Å². The summed E-state index contributed by atoms with van der Waals surface area (Å²) in [7, 11) is 0. The fraction of sp³-hybridized carbons (Fsp3) is 0.300. The molecule has 1 aromatic carbocycles. The molecule has 5 rings (SSSR count). The van der Waals surface area contributed by atoms with Gasteiger partial charge in [-0.2, -0.15) is 0 Å². The van der Waals surface area contributed by atoms with Gasteiger partial charge >= 0.3 is 5.97 Å². The molecule has 0 amide bonds. The van der Waals surface area contributed by atoms with Crippen LogP contribution in [0, 0.1) is 18.8 Å². The SMILES string of the molecule is CCOC(=O)C1=C(Nc2ccc(C#CCN3CCC(O)CC3)cc2C)O/C(=C\c2c[nH]c3ncccc23)C1=O. The molecule has 0 unspecified atom stereocenters. The van der Waals surface area contributed by atoms with Crippen LogP contribution in [0.2, 0.25) is 0 Å². The number of hydrogen-bond acceptors (Lipinski definition) is 8. The Morgan fingerprint density at radius 1 is 1.33 bits per heavy atom. The summed E-state index contributed by atoms with van der Waals surface area (Å²) in [6, 6.07) is 9.34. The van der Waals surface area contributed by atoms with E-state index in [9.17, 15) is 14.7 Å². The summed E-state index contributed by atoms with van der Waals surface area (Å²) in [6.07, 6.45) is 6.36. The van der Waals surface area contributed by atoms with Gasteiger partial charge in [-0.3, -0.25) is 9.69 Å². The van der Waals surface area contributed by atoms with E-state index in [1.165, 1.54) is 0 Å². The second-order valence-electron chi connectivity index (χ2n) is 9.47. The van der Waals surface area contributed by atoms with Gasteiger partial charge in [-0.15, -0.1) is 0 Å². The summed E-state index contributed by atoms with van der Waals surface area (Å²) < 4.78 is 11.0. The molecule has 39 heavy (non-hydrogen) atoms. The lowest BCUT2D eigenvalue weighted by Gasteiger charge is -2.27. The monoisotopic (exact) mass is 526 g/mol. The maximum atomic E-state index is 13.2. The van der Waals surface area contributed by atoms with Crippen molar-refractivity contribution < 1.29 is 24.2 Å². The second-order valence-corrected chi connectivity index (χ2v) is 9.47. The van der Waals surface area contributed by atoms with Crippen LogP contribution in [0.15, 0.2) is 59.9 Å². The fourth-order valence-electron chi connectivity index (χ4n) is 4.58. The molecule has 3 aromatic rings. The number of ether oxygens (including phenoxy) is 2. The lowest BCUT2D eigenvalue weighted by molar-refractivity contribution is -0.139. The van der Waals surface area contributed by atoms with Crippen molar-refractivity contribution in [1.29, 1.82) is 0 Å². The first-order valence-corrected chi connectivity index (χ1v) is 13.0. The number of aromatic amines is 1. The number of ketones is 1. The zero-order valence-corrected chi connectivity index (χ0v) is 21.9. The maximum absolute atomic E-state index is 13.2. The van der Waals surface area contributed by atoms with Crippen LogP contribution in [0.4, 0.5) is 5.69 Å². The number of carbonyl (C=O) groups excluding carboxylic acids is 2. The summed E-state index contributed by atoms with van der Waals surface area (Å²) in [5.41, 5.74) is 3.61. The highest BCUT2D eigenvalue weighted by Gasteiger charge is 2.37. The Kier molecular flexibility index (Phi) is 7.77. The molecule has 200 valence electrons. The number of hydrogen-bond donors (Lipinski definition) is 3. The van der Waals surface area contributed by atoms with E-state index in [2.05, 4.69) is 32.0 Å². The first kappa shape index (κ1) is 26.2. The van der Waals surface area contributed by atoms with Gasteiger partial charge in [0.2, 0.25) is 11.7 Å². The van der Waals surface area contributed by atoms with E-state index in [1.807, 2.05) is 31.2 Å². The lowest BCUT2D eigenvalue weighted by Crippen LogP contribution is -2.35. The standard InChI is InChI=1S/C30H30N4O5/c1-3-38-30(37)26-27(36)25(17-21-18-32-28-23(21)7-4-12-31-28)39-29(26)33-24-9-8-20(16-19(24)2)6-5-13-34-14-10-22(35)11-15-34/h4,7-9,12,16-18,22,33,35H,3,10-11,13-15H2,1-2H3,(H,31,32)/b25-17-. The van der Waals surface area contributed by atoms with Crippen LogP contribution >= 0.6 is 0 Å². The highest BCUT2D eigenvalue weighted by molar-refractivity contribution is 6.26. The van der Waals surface area contributed by atoms with Gasteiger partial charge < -0.3 is 24.9 Å². The Labute approximate surface area is 226 Å². The molecule has 0 spiro atoms. The Hall–Kier alpha value is -4.39. The number of aliphatic hydroxyl groups is 1. The van der Waals surface area contributed by atoms with Crippen molar-refractivity contribution in [2.75, 3.05) is 31.6 Å². The Morgan fingerprint density at radius 3 is 2.92 bits per heavy atom. The highest BCUT2D eigenvalue weighted by atomic mass is 16.5. The second kappa shape index (κ2) is 11.6. The zero-order chi connectivity index (χ0) is 27.4. The van der Waals surface area contributed by atoms with E-state index in [0.717, 1.165) is 42.4 Å². The normalized spacial score (nSPS) is 17.3. The van der Waals surface area contributed by atoms with Crippen molar-refractivity contribution in [1.82, 2.24) is 14.9 Å². The summed E-state index contributed by atoms with van der Waals surface area (Å²) >= 11 is 0. The minimum absolute atomic E-state index is 0.00989. The van der Waals surface area contributed by atoms with Gasteiger partial charge in [-0.1, -0.05) is 11.8 Å². The lowest BCUT2D eigenvalue weighted by atomic mass is 10.1. The van der Waals surface area contributed by atoms with Crippen molar-refractivity contribution in [2.24, 2.45) is 0 Å². The number of nitrogens with zero attached hydrogens (tertiary/aromatic N) is 2. The van der Waals surface area contributed by atoms with E-state index in [1.54, 1.807) is 31.5 Å². The number of aliphatic hydroxyl groups excluding tert-OH is 1. The number of pyridine rings is 1. The first-order valence-electron chi connectivity index (χ1n) is 13.0. The van der Waals surface area contributed by atoms with Crippen LogP contribution in [0.25, 0.3) is 17.1 Å². The average molecular weight is 527 g/mol. The number of esters is 1. The molecule has 2 aliphatic rings. The summed E-state index contributed by atoms with van der Waals surface area (Å²) in [5, 5.41) is 13.6. The molecule has 0 bridgehead atoms. The Bertz CT molecular complexity index is 1530. The molecular weight excluding hydrogens is 496 g/mol. The molecule has 3 N–H and O–H groups in total. The van der Waals surface area contributed by atoms with Crippen LogP contribution in [0.5, 0.6) is 0 Å². The van der Waals surface area contributed by atoms with Gasteiger partial charge in [0.05, 0.1) is 19.3 Å². The number of carbonyl (C=O) groups is 2.